The highest BCUT2D eigenvalue weighted by Crippen LogP contribution is 2.40. The number of aromatic amines is 1. The Hall–Kier alpha value is -2.35. The number of fused-ring (bicyclic) bond motifs is 3. The lowest BCUT2D eigenvalue weighted by atomic mass is 9.97. The molecule has 0 bridgehead atoms. The second kappa shape index (κ2) is 7.72. The highest BCUT2D eigenvalue weighted by molar-refractivity contribution is 6.45. The molecule has 1 amide bonds. The average Bonchev–Trinajstić information content (AvgIpc) is 3.17. The van der Waals surface area contributed by atoms with Crippen LogP contribution in [0.3, 0.4) is 0 Å². The van der Waals surface area contributed by atoms with E-state index in [-0.39, 0.29) is 17.8 Å². The van der Waals surface area contributed by atoms with E-state index in [1.54, 1.807) is 18.5 Å². The van der Waals surface area contributed by atoms with E-state index in [0.717, 1.165) is 40.9 Å². The van der Waals surface area contributed by atoms with E-state index in [4.69, 9.17) is 27.9 Å². The maximum atomic E-state index is 13.2. The molecule has 0 spiro atoms. The number of hydrogen-bond donors (Lipinski definition) is 1. The fourth-order valence-electron chi connectivity index (χ4n) is 4.36. The van der Waals surface area contributed by atoms with Crippen molar-refractivity contribution in [3.05, 3.63) is 51.7 Å². The van der Waals surface area contributed by atoms with E-state index in [1.165, 1.54) is 0 Å². The summed E-state index contributed by atoms with van der Waals surface area (Å²) in [7, 11) is 0. The number of halogens is 2. The van der Waals surface area contributed by atoms with Crippen molar-refractivity contribution in [2.24, 2.45) is 0 Å². The molecule has 0 saturated carbocycles. The number of nitrogens with one attached hydrogen (secondary N) is 1. The zero-order valence-electron chi connectivity index (χ0n) is 16.5. The summed E-state index contributed by atoms with van der Waals surface area (Å²) >= 11 is 12.6. The van der Waals surface area contributed by atoms with Gasteiger partial charge in [0, 0.05) is 42.7 Å². The number of anilines is 1. The average molecular weight is 446 g/mol. The molecule has 1 N–H and O–H groups in total. The normalized spacial score (nSPS) is 19.2. The number of H-pyrrole nitrogens is 1. The van der Waals surface area contributed by atoms with Crippen molar-refractivity contribution in [3.8, 4) is 0 Å². The number of benzene rings is 1. The molecule has 1 atom stereocenters. The summed E-state index contributed by atoms with van der Waals surface area (Å²) in [6.07, 6.45) is 4.15. The molecule has 2 aliphatic heterocycles. The summed E-state index contributed by atoms with van der Waals surface area (Å²) in [5.41, 5.74) is 3.90. The fourth-order valence-corrected chi connectivity index (χ4v) is 4.73. The Bertz CT molecular complexity index is 1110. The van der Waals surface area contributed by atoms with Crippen LogP contribution in [0.5, 0.6) is 0 Å². The SMILES string of the molecule is C[C@@H]1c2c([nH]c3c(Cl)c(Cl)ccc23)CCN1C(=O)c1ncc(N2CCOCC2)cn1. The predicted octanol–water partition coefficient (Wildman–Crippen LogP) is 3.86. The Kier molecular flexibility index (Phi) is 5.05. The zero-order chi connectivity index (χ0) is 20.8. The molecule has 1 aromatic carbocycles. The predicted molar refractivity (Wildman–Crippen MR) is 117 cm³/mol. The van der Waals surface area contributed by atoms with Gasteiger partial charge in [0.1, 0.15) is 0 Å². The van der Waals surface area contributed by atoms with Gasteiger partial charge in [0.05, 0.1) is 52.9 Å². The molecular weight excluding hydrogens is 425 g/mol. The number of hydrogen-bond acceptors (Lipinski definition) is 5. The number of carbonyl (C=O) groups excluding carboxylic acids is 1. The summed E-state index contributed by atoms with van der Waals surface area (Å²) in [5.74, 6) is 0.0410. The molecule has 0 aliphatic carbocycles. The van der Waals surface area contributed by atoms with Crippen LogP contribution in [0.2, 0.25) is 10.0 Å². The quantitative estimate of drug-likeness (QED) is 0.647. The molecule has 1 fully saturated rings. The van der Waals surface area contributed by atoms with Gasteiger partial charge in [0.15, 0.2) is 0 Å². The molecule has 5 rings (SSSR count). The molecule has 0 radical (unpaired) electrons. The van der Waals surface area contributed by atoms with Crippen LogP contribution in [0, 0.1) is 0 Å². The van der Waals surface area contributed by atoms with Crippen molar-refractivity contribution >= 4 is 45.7 Å². The van der Waals surface area contributed by atoms with E-state index in [1.807, 2.05) is 17.9 Å². The van der Waals surface area contributed by atoms with Crippen molar-refractivity contribution in [3.63, 3.8) is 0 Å². The second-order valence-corrected chi connectivity index (χ2v) is 8.38. The van der Waals surface area contributed by atoms with Crippen molar-refractivity contribution in [2.75, 3.05) is 37.7 Å². The summed E-state index contributed by atoms with van der Waals surface area (Å²) < 4.78 is 5.38. The monoisotopic (exact) mass is 445 g/mol. The number of amides is 1. The van der Waals surface area contributed by atoms with Crippen molar-refractivity contribution in [2.45, 2.75) is 19.4 Å². The first-order chi connectivity index (χ1) is 14.5. The van der Waals surface area contributed by atoms with Crippen molar-refractivity contribution in [1.29, 1.82) is 0 Å². The maximum Gasteiger partial charge on any atom is 0.292 e. The zero-order valence-corrected chi connectivity index (χ0v) is 18.0. The molecule has 2 aromatic heterocycles. The third-order valence-corrected chi connectivity index (χ3v) is 6.74. The molecule has 1 saturated heterocycles. The van der Waals surface area contributed by atoms with E-state index in [2.05, 4.69) is 19.9 Å². The largest absolute Gasteiger partial charge is 0.378 e. The fraction of sp³-hybridized carbons (Fsp3) is 0.381. The minimum Gasteiger partial charge on any atom is -0.378 e. The Balaban J connectivity index is 1.42. The third kappa shape index (κ3) is 3.21. The Morgan fingerprint density at radius 3 is 2.63 bits per heavy atom. The molecule has 3 aromatic rings. The number of aromatic nitrogens is 3. The lowest BCUT2D eigenvalue weighted by Gasteiger charge is -2.33. The maximum absolute atomic E-state index is 13.2. The van der Waals surface area contributed by atoms with Gasteiger partial charge >= 0.3 is 0 Å². The summed E-state index contributed by atoms with van der Waals surface area (Å²) in [6.45, 7) is 5.58. The molecule has 9 heteroatoms. The Morgan fingerprint density at radius 1 is 1.17 bits per heavy atom. The summed E-state index contributed by atoms with van der Waals surface area (Å²) in [6, 6.07) is 3.62. The van der Waals surface area contributed by atoms with Gasteiger partial charge in [0.25, 0.3) is 5.91 Å². The van der Waals surface area contributed by atoms with E-state index in [9.17, 15) is 4.79 Å². The van der Waals surface area contributed by atoms with Crippen molar-refractivity contribution < 1.29 is 9.53 Å². The van der Waals surface area contributed by atoms with Crippen LogP contribution >= 0.6 is 23.2 Å². The van der Waals surface area contributed by atoms with E-state index in [0.29, 0.717) is 36.2 Å². The van der Waals surface area contributed by atoms with Crippen LogP contribution in [-0.2, 0) is 11.2 Å². The standard InChI is InChI=1S/C21H21Cl2N5O2/c1-12-17-14-2-3-15(22)18(23)19(14)26-16(17)4-5-28(12)21(29)20-24-10-13(11-25-20)27-6-8-30-9-7-27/h2-3,10-12,26H,4-9H2,1H3/t12-/m1/s1. The van der Waals surface area contributed by atoms with Crippen LogP contribution < -0.4 is 4.90 Å². The molecule has 156 valence electrons. The van der Waals surface area contributed by atoms with Crippen LogP contribution in [-0.4, -0.2) is 58.6 Å². The number of ether oxygens (including phenoxy) is 1. The minimum atomic E-state index is -0.170. The third-order valence-electron chi connectivity index (χ3n) is 5.94. The summed E-state index contributed by atoms with van der Waals surface area (Å²) in [4.78, 5) is 29.3. The lowest BCUT2D eigenvalue weighted by Crippen LogP contribution is -2.39. The second-order valence-electron chi connectivity index (χ2n) is 7.59. The molecule has 30 heavy (non-hydrogen) atoms. The van der Waals surface area contributed by atoms with Gasteiger partial charge < -0.3 is 19.5 Å². The van der Waals surface area contributed by atoms with Crippen LogP contribution in [0.25, 0.3) is 10.9 Å². The Labute approximate surface area is 183 Å². The Morgan fingerprint density at radius 2 is 1.90 bits per heavy atom. The van der Waals surface area contributed by atoms with Gasteiger partial charge in [0.2, 0.25) is 5.82 Å². The first-order valence-corrected chi connectivity index (χ1v) is 10.7. The van der Waals surface area contributed by atoms with Crippen LogP contribution in [0.4, 0.5) is 5.69 Å². The lowest BCUT2D eigenvalue weighted by molar-refractivity contribution is 0.0665. The number of rotatable bonds is 2. The number of morpholine rings is 1. The number of nitrogens with zero attached hydrogens (tertiary/aromatic N) is 4. The first-order valence-electron chi connectivity index (χ1n) is 9.98. The highest BCUT2D eigenvalue weighted by atomic mass is 35.5. The van der Waals surface area contributed by atoms with Gasteiger partial charge in [-0.25, -0.2) is 9.97 Å². The molecule has 2 aliphatic rings. The van der Waals surface area contributed by atoms with Crippen LogP contribution in [0.15, 0.2) is 24.5 Å². The summed E-state index contributed by atoms with van der Waals surface area (Å²) in [5, 5.41) is 2.01. The van der Waals surface area contributed by atoms with Gasteiger partial charge in [-0.3, -0.25) is 4.79 Å². The van der Waals surface area contributed by atoms with Crippen LogP contribution in [0.1, 0.15) is 34.8 Å². The van der Waals surface area contributed by atoms with Gasteiger partial charge in [-0.15, -0.1) is 0 Å². The molecule has 0 unspecified atom stereocenters. The minimum absolute atomic E-state index is 0.130. The van der Waals surface area contributed by atoms with Gasteiger partial charge in [-0.2, -0.15) is 0 Å². The van der Waals surface area contributed by atoms with Crippen molar-refractivity contribution in [1.82, 2.24) is 19.9 Å². The highest BCUT2D eigenvalue weighted by Gasteiger charge is 2.33. The van der Waals surface area contributed by atoms with Gasteiger partial charge in [-0.1, -0.05) is 29.3 Å². The molecular formula is C21H21Cl2N5O2. The van der Waals surface area contributed by atoms with Gasteiger partial charge in [-0.05, 0) is 13.0 Å². The number of carbonyl (C=O) groups is 1. The first kappa shape index (κ1) is 19.6. The topological polar surface area (TPSA) is 74.4 Å². The van der Waals surface area contributed by atoms with E-state index >= 15 is 0 Å². The molecule has 4 heterocycles. The van der Waals surface area contributed by atoms with E-state index < -0.39 is 0 Å². The smallest absolute Gasteiger partial charge is 0.292 e. The molecule has 7 nitrogen and oxygen atoms in total.